The van der Waals surface area contributed by atoms with E-state index in [-0.39, 0.29) is 35.9 Å². The van der Waals surface area contributed by atoms with Gasteiger partial charge in [-0.05, 0) is 42.4 Å². The number of carbonyl (C=O) groups is 3. The van der Waals surface area contributed by atoms with Crippen LogP contribution in [0.4, 0.5) is 0 Å². The molecule has 0 spiro atoms. The number of thiazole rings is 1. The van der Waals surface area contributed by atoms with Gasteiger partial charge in [0.1, 0.15) is 5.78 Å². The lowest BCUT2D eigenvalue weighted by atomic mass is 9.91. The van der Waals surface area contributed by atoms with Crippen LogP contribution in [0.3, 0.4) is 0 Å². The van der Waals surface area contributed by atoms with Gasteiger partial charge in [-0.3, -0.25) is 19.3 Å². The summed E-state index contributed by atoms with van der Waals surface area (Å²) in [7, 11) is 0. The van der Waals surface area contributed by atoms with Crippen molar-refractivity contribution in [3.05, 3.63) is 40.9 Å². The smallest absolute Gasteiger partial charge is 0.224 e. The molecule has 0 radical (unpaired) electrons. The quantitative estimate of drug-likeness (QED) is 0.201. The summed E-state index contributed by atoms with van der Waals surface area (Å²) in [6.45, 7) is 17.3. The number of carbonyl (C=O) groups excluding carboxylic acids is 3. The van der Waals surface area contributed by atoms with Gasteiger partial charge in [-0.1, -0.05) is 53.7 Å². The van der Waals surface area contributed by atoms with E-state index in [1.807, 2.05) is 18.7 Å². The fourth-order valence-corrected chi connectivity index (χ4v) is 7.30. The van der Waals surface area contributed by atoms with Crippen LogP contribution in [0, 0.1) is 11.8 Å². The van der Waals surface area contributed by atoms with E-state index in [4.69, 9.17) is 4.98 Å². The van der Waals surface area contributed by atoms with E-state index in [1.165, 1.54) is 5.56 Å². The van der Waals surface area contributed by atoms with Crippen LogP contribution in [-0.4, -0.2) is 64.5 Å². The highest BCUT2D eigenvalue weighted by molar-refractivity contribution is 7.99. The second-order valence-corrected chi connectivity index (χ2v) is 14.2. The Morgan fingerprint density at radius 2 is 1.83 bits per heavy atom. The van der Waals surface area contributed by atoms with Crippen LogP contribution in [0.2, 0.25) is 0 Å². The molecule has 1 aliphatic rings. The normalized spacial score (nSPS) is 16.4. The molecular weight excluding hydrogens is 551 g/mol. The van der Waals surface area contributed by atoms with Crippen LogP contribution in [-0.2, 0) is 20.8 Å². The molecule has 2 heterocycles. The molecule has 1 fully saturated rings. The number of nitrogens with one attached hydrogen (secondary N) is 1. The second-order valence-electron chi connectivity index (χ2n) is 11.8. The number of fused-ring (bicyclic) bond motifs is 1. The summed E-state index contributed by atoms with van der Waals surface area (Å²) in [5, 5.41) is 4.14. The maximum absolute atomic E-state index is 13.7. The highest BCUT2D eigenvalue weighted by Crippen LogP contribution is 2.29. The fraction of sp³-hybridized carbons (Fsp3) is 0.636. The molecule has 1 amide bonds. The van der Waals surface area contributed by atoms with E-state index < -0.39 is 5.92 Å². The van der Waals surface area contributed by atoms with Crippen molar-refractivity contribution in [1.29, 1.82) is 0 Å². The molecule has 41 heavy (non-hydrogen) atoms. The number of benzene rings is 1. The monoisotopic (exact) mass is 599 g/mol. The minimum Gasteiger partial charge on any atom is -0.353 e. The van der Waals surface area contributed by atoms with Gasteiger partial charge in [0.15, 0.2) is 5.78 Å². The largest absolute Gasteiger partial charge is 0.353 e. The van der Waals surface area contributed by atoms with Crippen LogP contribution in [0.5, 0.6) is 0 Å². The van der Waals surface area contributed by atoms with Gasteiger partial charge in [-0.25, -0.2) is 4.98 Å². The van der Waals surface area contributed by atoms with Crippen molar-refractivity contribution in [3.8, 4) is 0 Å². The minimum absolute atomic E-state index is 0.0793. The molecule has 3 rings (SSSR count). The van der Waals surface area contributed by atoms with Crippen molar-refractivity contribution in [2.45, 2.75) is 91.5 Å². The summed E-state index contributed by atoms with van der Waals surface area (Å²) in [5.74, 6) is 2.44. The summed E-state index contributed by atoms with van der Waals surface area (Å²) < 4.78 is 1.12. The van der Waals surface area contributed by atoms with Crippen LogP contribution >= 0.6 is 23.1 Å². The molecule has 0 bridgehead atoms. The molecule has 1 N–H and O–H groups in total. The van der Waals surface area contributed by atoms with Gasteiger partial charge in [-0.15, -0.1) is 11.3 Å². The molecule has 3 atom stereocenters. The first-order valence-corrected chi connectivity index (χ1v) is 17.3. The summed E-state index contributed by atoms with van der Waals surface area (Å²) in [4.78, 5) is 46.5. The van der Waals surface area contributed by atoms with Crippen molar-refractivity contribution < 1.29 is 14.4 Å². The van der Waals surface area contributed by atoms with E-state index in [0.29, 0.717) is 43.7 Å². The molecule has 1 aromatic heterocycles. The lowest BCUT2D eigenvalue weighted by molar-refractivity contribution is -0.130. The Morgan fingerprint density at radius 3 is 2.49 bits per heavy atom. The number of aromatic nitrogens is 1. The zero-order chi connectivity index (χ0) is 29.9. The standard InChI is InChI=1S/C33H49N3O3S2/c1-7-9-27(37)18-26(20-32-34-29-11-10-25(22(3)4)19-31(29)41-32)33(39)35-28(23(5)8-2)12-13-30(38)24(6)21-36-14-16-40-17-15-36/h10-11,19,22-23,26,28H,6-9,12-18,20-21H2,1-5H3,(H,35,39)/t23-,26-,28+/m0/s1. The molecule has 2 aromatic rings. The Balaban J connectivity index is 1.69. The second kappa shape index (κ2) is 16.6. The van der Waals surface area contributed by atoms with Crippen LogP contribution in [0.15, 0.2) is 30.4 Å². The van der Waals surface area contributed by atoms with Gasteiger partial charge < -0.3 is 5.32 Å². The van der Waals surface area contributed by atoms with Gasteiger partial charge in [0.05, 0.1) is 21.1 Å². The SMILES string of the molecule is C=C(CN1CCSCC1)C(=O)CC[C@@H](NC(=O)[C@@H](CC(=O)CCC)Cc1nc2ccc(C(C)C)cc2s1)[C@@H](C)CC. The number of rotatable bonds is 17. The molecule has 226 valence electrons. The number of hydrogen-bond acceptors (Lipinski definition) is 7. The van der Waals surface area contributed by atoms with Crippen molar-refractivity contribution in [2.24, 2.45) is 11.8 Å². The third kappa shape index (κ3) is 10.3. The number of hydrogen-bond donors (Lipinski definition) is 1. The molecule has 1 aromatic carbocycles. The van der Waals surface area contributed by atoms with Gasteiger partial charge >= 0.3 is 0 Å². The zero-order valence-electron chi connectivity index (χ0n) is 25.7. The predicted molar refractivity (Wildman–Crippen MR) is 174 cm³/mol. The average Bonchev–Trinajstić information content (AvgIpc) is 3.36. The van der Waals surface area contributed by atoms with Crippen LogP contribution in [0.25, 0.3) is 10.2 Å². The van der Waals surface area contributed by atoms with Crippen molar-refractivity contribution in [3.63, 3.8) is 0 Å². The van der Waals surface area contributed by atoms with E-state index in [0.717, 1.165) is 52.7 Å². The Kier molecular flexibility index (Phi) is 13.5. The van der Waals surface area contributed by atoms with E-state index in [1.54, 1.807) is 11.3 Å². The van der Waals surface area contributed by atoms with Crippen molar-refractivity contribution in [1.82, 2.24) is 15.2 Å². The lowest BCUT2D eigenvalue weighted by Gasteiger charge is -2.28. The zero-order valence-corrected chi connectivity index (χ0v) is 27.3. The summed E-state index contributed by atoms with van der Waals surface area (Å²) in [5.41, 5.74) is 2.86. The summed E-state index contributed by atoms with van der Waals surface area (Å²) in [6.07, 6.45) is 3.72. The van der Waals surface area contributed by atoms with E-state index in [9.17, 15) is 14.4 Å². The average molecular weight is 600 g/mol. The lowest BCUT2D eigenvalue weighted by Crippen LogP contribution is -2.43. The first-order chi connectivity index (χ1) is 19.6. The third-order valence-corrected chi connectivity index (χ3v) is 10.2. The van der Waals surface area contributed by atoms with Crippen molar-refractivity contribution in [2.75, 3.05) is 31.1 Å². The van der Waals surface area contributed by atoms with Gasteiger partial charge in [0, 0.05) is 68.4 Å². The molecule has 0 aliphatic carbocycles. The Morgan fingerprint density at radius 1 is 1.10 bits per heavy atom. The highest BCUT2D eigenvalue weighted by atomic mass is 32.2. The molecule has 8 heteroatoms. The predicted octanol–water partition coefficient (Wildman–Crippen LogP) is 6.82. The Labute approximate surface area is 255 Å². The number of ketones is 2. The fourth-order valence-electron chi connectivity index (χ4n) is 5.22. The molecular formula is C33H49N3O3S2. The van der Waals surface area contributed by atoms with Crippen molar-refractivity contribution >= 4 is 50.8 Å². The van der Waals surface area contributed by atoms with Crippen LogP contribution < -0.4 is 5.32 Å². The Bertz CT molecular complexity index is 1190. The molecule has 1 aliphatic heterocycles. The van der Waals surface area contributed by atoms with Gasteiger partial charge in [-0.2, -0.15) is 11.8 Å². The molecule has 0 unspecified atom stereocenters. The summed E-state index contributed by atoms with van der Waals surface area (Å²) >= 11 is 3.56. The topological polar surface area (TPSA) is 79.4 Å². The molecule has 0 saturated carbocycles. The number of Topliss-reactive ketones (excluding diaryl/α,β-unsaturated/α-hetero) is 2. The Hall–Kier alpha value is -2.03. The summed E-state index contributed by atoms with van der Waals surface area (Å²) in [6, 6.07) is 6.22. The number of nitrogens with zero attached hydrogens (tertiary/aromatic N) is 2. The van der Waals surface area contributed by atoms with Gasteiger partial charge in [0.25, 0.3) is 0 Å². The number of thioether (sulfide) groups is 1. The van der Waals surface area contributed by atoms with E-state index >= 15 is 0 Å². The highest BCUT2D eigenvalue weighted by Gasteiger charge is 2.28. The third-order valence-electron chi connectivity index (χ3n) is 8.17. The maximum Gasteiger partial charge on any atom is 0.224 e. The van der Waals surface area contributed by atoms with E-state index in [2.05, 4.69) is 62.7 Å². The molecule has 1 saturated heterocycles. The minimum atomic E-state index is -0.478. The maximum atomic E-state index is 13.7. The molecule has 6 nitrogen and oxygen atoms in total. The van der Waals surface area contributed by atoms with Gasteiger partial charge in [0.2, 0.25) is 5.91 Å². The first-order valence-electron chi connectivity index (χ1n) is 15.3. The number of amides is 1. The van der Waals surface area contributed by atoms with Crippen LogP contribution in [0.1, 0.15) is 89.6 Å². The first kappa shape index (κ1) is 33.5.